The van der Waals surface area contributed by atoms with Crippen LogP contribution in [0.3, 0.4) is 0 Å². The molecule has 0 aliphatic carbocycles. The van der Waals surface area contributed by atoms with E-state index in [-0.39, 0.29) is 50.1 Å². The van der Waals surface area contributed by atoms with Gasteiger partial charge in [0.2, 0.25) is 10.0 Å². The number of amides is 1. The second-order valence-corrected chi connectivity index (χ2v) is 12.3. The fraction of sp³-hybridized carbons (Fsp3) is 0.500. The monoisotopic (exact) mass is 634 g/mol. The number of carbonyl (C=O) groups is 3. The van der Waals surface area contributed by atoms with E-state index < -0.39 is 40.0 Å². The van der Waals surface area contributed by atoms with Gasteiger partial charge in [-0.2, -0.15) is 0 Å². The molecule has 0 aromatic heterocycles. The smallest absolute Gasteiger partial charge is 0.328 e. The third kappa shape index (κ3) is 10.7. The van der Waals surface area contributed by atoms with E-state index in [9.17, 15) is 33.0 Å². The number of aromatic hydroxyl groups is 1. The summed E-state index contributed by atoms with van der Waals surface area (Å²) < 4.78 is 35.3. The molecule has 1 saturated heterocycles. The maximum absolute atomic E-state index is 12.9. The Labute approximate surface area is 258 Å². The lowest BCUT2D eigenvalue weighted by atomic mass is 10.0. The first kappa shape index (κ1) is 34.6. The Bertz CT molecular complexity index is 1380. The fourth-order valence-corrected chi connectivity index (χ4v) is 5.40. The largest absolute Gasteiger partial charge is 0.506 e. The van der Waals surface area contributed by atoms with Crippen LogP contribution in [0.25, 0.3) is 0 Å². The summed E-state index contributed by atoms with van der Waals surface area (Å²) in [5, 5.41) is 26.6. The molecule has 0 radical (unpaired) electrons. The molecule has 5 N–H and O–H groups in total. The van der Waals surface area contributed by atoms with E-state index in [4.69, 9.17) is 9.47 Å². The predicted molar refractivity (Wildman–Crippen MR) is 165 cm³/mol. The molecule has 1 heterocycles. The minimum Gasteiger partial charge on any atom is -0.506 e. The molecule has 242 valence electrons. The van der Waals surface area contributed by atoms with E-state index >= 15 is 0 Å². The Morgan fingerprint density at radius 1 is 1.02 bits per heavy atom. The van der Waals surface area contributed by atoms with Gasteiger partial charge in [-0.25, -0.2) is 13.2 Å². The Hall–Kier alpha value is -3.88. The van der Waals surface area contributed by atoms with Crippen molar-refractivity contribution in [3.63, 3.8) is 0 Å². The lowest BCUT2D eigenvalue weighted by Gasteiger charge is -2.34. The Morgan fingerprint density at radius 3 is 2.30 bits per heavy atom. The number of hydrogen-bond acceptors (Lipinski definition) is 11. The summed E-state index contributed by atoms with van der Waals surface area (Å²) in [4.78, 5) is 39.2. The van der Waals surface area contributed by atoms with Crippen molar-refractivity contribution in [3.05, 3.63) is 53.6 Å². The number of nitrogens with one attached hydrogen (secondary N) is 3. The van der Waals surface area contributed by atoms with Crippen molar-refractivity contribution in [3.8, 4) is 5.75 Å². The number of phenolic OH excluding ortho intramolecular Hbond substituents is 1. The van der Waals surface area contributed by atoms with Gasteiger partial charge < -0.3 is 35.2 Å². The van der Waals surface area contributed by atoms with E-state index in [1.54, 1.807) is 32.0 Å². The molecule has 2 aromatic rings. The lowest BCUT2D eigenvalue weighted by molar-refractivity contribution is -0.146. The molecule has 13 nitrogen and oxygen atoms in total. The number of ether oxygens (including phenoxy) is 2. The van der Waals surface area contributed by atoms with Gasteiger partial charge in [0, 0.05) is 43.3 Å². The average molecular weight is 635 g/mol. The van der Waals surface area contributed by atoms with Crippen LogP contribution in [0.5, 0.6) is 5.75 Å². The van der Waals surface area contributed by atoms with Crippen molar-refractivity contribution < 1.29 is 42.5 Å². The molecule has 1 aliphatic heterocycles. The van der Waals surface area contributed by atoms with Gasteiger partial charge in [0.15, 0.2) is 0 Å². The number of rotatable bonds is 15. The van der Waals surface area contributed by atoms with Crippen molar-refractivity contribution in [2.45, 2.75) is 57.7 Å². The van der Waals surface area contributed by atoms with Gasteiger partial charge in [-0.05, 0) is 75.1 Å². The Kier molecular flexibility index (Phi) is 12.8. The lowest BCUT2D eigenvalue weighted by Crippen LogP contribution is -2.43. The molecule has 1 aliphatic rings. The van der Waals surface area contributed by atoms with Gasteiger partial charge in [0.1, 0.15) is 11.8 Å². The first-order chi connectivity index (χ1) is 20.9. The number of carbonyl (C=O) groups excluding carboxylic acids is 3. The predicted octanol–water partition coefficient (Wildman–Crippen LogP) is 2.06. The van der Waals surface area contributed by atoms with Gasteiger partial charge in [0.25, 0.3) is 5.91 Å². The molecule has 0 bridgehead atoms. The van der Waals surface area contributed by atoms with Crippen LogP contribution < -0.4 is 20.3 Å². The van der Waals surface area contributed by atoms with Gasteiger partial charge in [-0.1, -0.05) is 6.07 Å². The van der Waals surface area contributed by atoms with Crippen molar-refractivity contribution in [1.82, 2.24) is 10.6 Å². The van der Waals surface area contributed by atoms with Crippen LogP contribution in [0.1, 0.15) is 61.6 Å². The number of aliphatic hydroxyl groups excluding tert-OH is 1. The molecular weight excluding hydrogens is 592 g/mol. The number of esters is 2. The number of sulfonamides is 1. The molecule has 2 atom stereocenters. The molecule has 1 fully saturated rings. The van der Waals surface area contributed by atoms with Crippen LogP contribution in [0, 0.1) is 0 Å². The van der Waals surface area contributed by atoms with Crippen molar-refractivity contribution >= 4 is 39.2 Å². The molecule has 0 saturated carbocycles. The molecule has 14 heteroatoms. The highest BCUT2D eigenvalue weighted by Gasteiger charge is 2.25. The summed E-state index contributed by atoms with van der Waals surface area (Å²) in [7, 11) is -3.59. The van der Waals surface area contributed by atoms with Crippen LogP contribution in [0.15, 0.2) is 42.5 Å². The Morgan fingerprint density at radius 2 is 1.68 bits per heavy atom. The maximum Gasteiger partial charge on any atom is 0.328 e. The Balaban J connectivity index is 1.50. The zero-order chi connectivity index (χ0) is 32.3. The quantitative estimate of drug-likeness (QED) is 0.143. The third-order valence-electron chi connectivity index (χ3n) is 7.11. The second kappa shape index (κ2) is 16.3. The molecular formula is C30H42N4O9S. The van der Waals surface area contributed by atoms with Crippen LogP contribution in [0.2, 0.25) is 0 Å². The van der Waals surface area contributed by atoms with Crippen molar-refractivity contribution in [2.24, 2.45) is 0 Å². The third-order valence-corrected chi connectivity index (χ3v) is 7.70. The summed E-state index contributed by atoms with van der Waals surface area (Å²) in [6.45, 7) is 5.49. The van der Waals surface area contributed by atoms with Crippen molar-refractivity contribution in [1.29, 1.82) is 0 Å². The van der Waals surface area contributed by atoms with E-state index in [0.29, 0.717) is 11.1 Å². The average Bonchev–Trinajstić information content (AvgIpc) is 2.99. The highest BCUT2D eigenvalue weighted by atomic mass is 32.2. The highest BCUT2D eigenvalue weighted by Crippen LogP contribution is 2.28. The first-order valence-corrected chi connectivity index (χ1v) is 16.5. The van der Waals surface area contributed by atoms with E-state index in [1.807, 2.05) is 12.1 Å². The summed E-state index contributed by atoms with van der Waals surface area (Å²) in [5.41, 5.74) is 1.79. The standard InChI is InChI=1S/C30H42N4O9S/c1-4-42-28(37)13-11-24(30(39)43-5-2)32-29(38)20-6-9-23(10-7-20)34-16-14-22(15-17-34)31-19-27(36)21-8-12-26(35)25(18-21)33-44(3,40)41/h6-10,12,18,22,24,27,31,33,35-36H,4-5,11,13-17,19H2,1-3H3,(H,32,38). The number of nitrogens with zero attached hydrogens (tertiary/aromatic N) is 1. The number of hydrogen-bond donors (Lipinski definition) is 5. The van der Waals surface area contributed by atoms with Crippen molar-refractivity contribution in [2.75, 3.05) is 48.7 Å². The summed E-state index contributed by atoms with van der Waals surface area (Å²) in [6.07, 6.45) is 1.75. The van der Waals surface area contributed by atoms with Crippen LogP contribution in [-0.4, -0.2) is 87.7 Å². The molecule has 44 heavy (non-hydrogen) atoms. The second-order valence-electron chi connectivity index (χ2n) is 10.5. The molecule has 0 spiro atoms. The van der Waals surface area contributed by atoms with E-state index in [1.165, 1.54) is 12.1 Å². The molecule has 3 rings (SSSR count). The minimum atomic E-state index is -3.59. The number of benzene rings is 2. The van der Waals surface area contributed by atoms with Crippen LogP contribution >= 0.6 is 0 Å². The summed E-state index contributed by atoms with van der Waals surface area (Å²) >= 11 is 0. The number of piperidine rings is 1. The molecule has 2 aromatic carbocycles. The van der Waals surface area contributed by atoms with E-state index in [2.05, 4.69) is 20.3 Å². The van der Waals surface area contributed by atoms with Gasteiger partial charge in [-0.3, -0.25) is 14.3 Å². The summed E-state index contributed by atoms with van der Waals surface area (Å²) in [5.74, 6) is -1.74. The zero-order valence-corrected chi connectivity index (χ0v) is 26.1. The molecule has 1 amide bonds. The highest BCUT2D eigenvalue weighted by molar-refractivity contribution is 7.92. The van der Waals surface area contributed by atoms with Gasteiger partial charge in [-0.15, -0.1) is 0 Å². The first-order valence-electron chi connectivity index (χ1n) is 14.6. The number of aliphatic hydroxyl groups is 1. The van der Waals surface area contributed by atoms with Gasteiger partial charge in [0.05, 0.1) is 31.3 Å². The van der Waals surface area contributed by atoms with Crippen LogP contribution in [0.4, 0.5) is 11.4 Å². The topological polar surface area (TPSA) is 184 Å². The summed E-state index contributed by atoms with van der Waals surface area (Å²) in [6, 6.07) is 10.5. The number of anilines is 2. The fourth-order valence-electron chi connectivity index (χ4n) is 4.83. The van der Waals surface area contributed by atoms with Gasteiger partial charge >= 0.3 is 11.9 Å². The van der Waals surface area contributed by atoms with E-state index in [0.717, 1.165) is 37.9 Å². The molecule has 2 unspecified atom stereocenters. The SMILES string of the molecule is CCOC(=O)CCC(NC(=O)c1ccc(N2CCC(NCC(O)c3ccc(O)c(NS(C)(=O)=O)c3)CC2)cc1)C(=O)OCC. The number of phenols is 1. The maximum atomic E-state index is 12.9. The minimum absolute atomic E-state index is 0.00803. The zero-order valence-electron chi connectivity index (χ0n) is 25.2. The van der Waals surface area contributed by atoms with Crippen LogP contribution in [-0.2, 0) is 29.1 Å². The normalized spacial score (nSPS) is 15.2.